The normalized spacial score (nSPS) is 11.5. The zero-order valence-corrected chi connectivity index (χ0v) is 18.7. The Morgan fingerprint density at radius 2 is 1.69 bits per heavy atom. The number of ether oxygens (including phenoxy) is 1. The first-order valence-electron chi connectivity index (χ1n) is 9.83. The molecule has 1 N–H and O–H groups in total. The first-order valence-corrected chi connectivity index (χ1v) is 11.7. The van der Waals surface area contributed by atoms with E-state index in [1.54, 1.807) is 24.3 Å². The smallest absolute Gasteiger partial charge is 0.359 e. The molecule has 32 heavy (non-hydrogen) atoms. The predicted octanol–water partition coefficient (Wildman–Crippen LogP) is 2.25. The summed E-state index contributed by atoms with van der Waals surface area (Å²) in [5.74, 6) is -1.31. The lowest BCUT2D eigenvalue weighted by molar-refractivity contribution is -0.119. The molecule has 1 heterocycles. The van der Waals surface area contributed by atoms with Crippen molar-refractivity contribution in [1.82, 2.24) is 9.78 Å². The molecular formula is C22H23N3O6S. The summed E-state index contributed by atoms with van der Waals surface area (Å²) in [6.45, 7) is 3.60. The quantitative estimate of drug-likeness (QED) is 0.540. The Balaban J connectivity index is 1.75. The number of rotatable bonds is 7. The Labute approximate surface area is 184 Å². The van der Waals surface area contributed by atoms with Crippen LogP contribution in [0.1, 0.15) is 24.3 Å². The van der Waals surface area contributed by atoms with Crippen molar-refractivity contribution in [2.45, 2.75) is 25.3 Å². The minimum Gasteiger partial charge on any atom is -0.451 e. The van der Waals surface area contributed by atoms with Crippen molar-refractivity contribution in [2.75, 3.05) is 18.2 Å². The monoisotopic (exact) mass is 457 g/mol. The van der Waals surface area contributed by atoms with Crippen molar-refractivity contribution in [2.24, 2.45) is 5.92 Å². The van der Waals surface area contributed by atoms with Gasteiger partial charge in [-0.1, -0.05) is 32.0 Å². The van der Waals surface area contributed by atoms with Crippen LogP contribution in [-0.2, 0) is 25.9 Å². The number of nitrogens with zero attached hydrogens (tertiary/aromatic N) is 2. The standard InChI is InChI=1S/C22H23N3O6S/c1-14(2)12-25-21(27)18-7-5-4-6-17(18)20(24-25)22(28)31-13-19(26)23-15-8-10-16(11-9-15)32(3,29)30/h4-11,14H,12-13H2,1-3H3,(H,23,26). The van der Waals surface area contributed by atoms with Crippen molar-refractivity contribution in [1.29, 1.82) is 0 Å². The summed E-state index contributed by atoms with van der Waals surface area (Å²) in [6, 6.07) is 12.2. The van der Waals surface area contributed by atoms with Gasteiger partial charge in [-0.25, -0.2) is 17.9 Å². The zero-order chi connectivity index (χ0) is 23.5. The molecule has 2 aromatic carbocycles. The third-order valence-corrected chi connectivity index (χ3v) is 5.63. The molecule has 3 aromatic rings. The second-order valence-electron chi connectivity index (χ2n) is 7.70. The Bertz CT molecular complexity index is 1330. The second kappa shape index (κ2) is 9.31. The number of amides is 1. The second-order valence-corrected chi connectivity index (χ2v) is 9.71. The number of benzene rings is 2. The van der Waals surface area contributed by atoms with E-state index in [0.29, 0.717) is 23.0 Å². The van der Waals surface area contributed by atoms with Gasteiger partial charge in [0.05, 0.1) is 10.3 Å². The molecule has 0 aliphatic heterocycles. The maximum atomic E-state index is 12.7. The third kappa shape index (κ3) is 5.38. The van der Waals surface area contributed by atoms with Crippen LogP contribution in [0.3, 0.4) is 0 Å². The van der Waals surface area contributed by atoms with Gasteiger partial charge in [0.15, 0.2) is 22.1 Å². The zero-order valence-electron chi connectivity index (χ0n) is 17.9. The lowest BCUT2D eigenvalue weighted by Crippen LogP contribution is -2.29. The molecule has 0 spiro atoms. The van der Waals surface area contributed by atoms with Crippen LogP contribution in [0.15, 0.2) is 58.2 Å². The number of carbonyl (C=O) groups is 2. The van der Waals surface area contributed by atoms with E-state index < -0.39 is 28.3 Å². The number of sulfone groups is 1. The molecule has 0 aliphatic rings. The fraction of sp³-hybridized carbons (Fsp3) is 0.273. The van der Waals surface area contributed by atoms with E-state index in [0.717, 1.165) is 6.26 Å². The van der Waals surface area contributed by atoms with Crippen LogP contribution in [0.2, 0.25) is 0 Å². The summed E-state index contributed by atoms with van der Waals surface area (Å²) in [5.41, 5.74) is -0.000189. The number of carbonyl (C=O) groups excluding carboxylic acids is 2. The van der Waals surface area contributed by atoms with Gasteiger partial charge < -0.3 is 10.1 Å². The number of aromatic nitrogens is 2. The van der Waals surface area contributed by atoms with Crippen molar-refractivity contribution in [3.05, 3.63) is 64.6 Å². The molecule has 0 aliphatic carbocycles. The van der Waals surface area contributed by atoms with E-state index in [9.17, 15) is 22.8 Å². The molecule has 1 aromatic heterocycles. The predicted molar refractivity (Wildman–Crippen MR) is 119 cm³/mol. The molecule has 0 bridgehead atoms. The first-order chi connectivity index (χ1) is 15.1. The van der Waals surface area contributed by atoms with E-state index in [2.05, 4.69) is 10.4 Å². The molecule has 168 valence electrons. The number of esters is 1. The summed E-state index contributed by atoms with van der Waals surface area (Å²) in [6.07, 6.45) is 1.09. The minimum absolute atomic E-state index is 0.0499. The Morgan fingerprint density at radius 1 is 1.06 bits per heavy atom. The molecule has 1 amide bonds. The number of nitrogens with one attached hydrogen (secondary N) is 1. The lowest BCUT2D eigenvalue weighted by atomic mass is 10.1. The Kier molecular flexibility index (Phi) is 6.73. The van der Waals surface area contributed by atoms with Gasteiger partial charge in [0.25, 0.3) is 11.5 Å². The number of fused-ring (bicyclic) bond motifs is 1. The Hall–Kier alpha value is -3.53. The van der Waals surface area contributed by atoms with Gasteiger partial charge in [-0.3, -0.25) is 9.59 Å². The van der Waals surface area contributed by atoms with Gasteiger partial charge in [-0.2, -0.15) is 5.10 Å². The molecule has 3 rings (SSSR count). The van der Waals surface area contributed by atoms with E-state index in [1.165, 1.54) is 28.9 Å². The maximum absolute atomic E-state index is 12.7. The van der Waals surface area contributed by atoms with Gasteiger partial charge in [0, 0.05) is 23.9 Å². The number of anilines is 1. The highest BCUT2D eigenvalue weighted by molar-refractivity contribution is 7.90. The molecule has 0 radical (unpaired) electrons. The van der Waals surface area contributed by atoms with Crippen LogP contribution in [0.5, 0.6) is 0 Å². The Morgan fingerprint density at radius 3 is 2.28 bits per heavy atom. The molecule has 10 heteroatoms. The van der Waals surface area contributed by atoms with Crippen LogP contribution in [0, 0.1) is 5.92 Å². The first kappa shape index (κ1) is 23.1. The van der Waals surface area contributed by atoms with Crippen molar-refractivity contribution >= 4 is 38.2 Å². The van der Waals surface area contributed by atoms with Gasteiger partial charge in [-0.15, -0.1) is 0 Å². The van der Waals surface area contributed by atoms with Gasteiger partial charge in [-0.05, 0) is 36.2 Å². The summed E-state index contributed by atoms with van der Waals surface area (Å²) < 4.78 is 29.4. The highest BCUT2D eigenvalue weighted by Gasteiger charge is 2.19. The van der Waals surface area contributed by atoms with Crippen LogP contribution >= 0.6 is 0 Å². The van der Waals surface area contributed by atoms with Crippen LogP contribution in [0.25, 0.3) is 10.8 Å². The van der Waals surface area contributed by atoms with Gasteiger partial charge in [0.2, 0.25) is 0 Å². The topological polar surface area (TPSA) is 124 Å². The number of hydrogen-bond donors (Lipinski definition) is 1. The largest absolute Gasteiger partial charge is 0.451 e. The summed E-state index contributed by atoms with van der Waals surface area (Å²) in [5, 5.41) is 7.39. The minimum atomic E-state index is -3.35. The highest BCUT2D eigenvalue weighted by atomic mass is 32.2. The van der Waals surface area contributed by atoms with Gasteiger partial charge in [0.1, 0.15) is 0 Å². The molecule has 0 saturated heterocycles. The molecule has 0 atom stereocenters. The third-order valence-electron chi connectivity index (χ3n) is 4.50. The molecular weight excluding hydrogens is 434 g/mol. The highest BCUT2D eigenvalue weighted by Crippen LogP contribution is 2.16. The average Bonchev–Trinajstić information content (AvgIpc) is 2.73. The molecule has 0 saturated carbocycles. The van der Waals surface area contributed by atoms with E-state index in [4.69, 9.17) is 4.74 Å². The van der Waals surface area contributed by atoms with Crippen molar-refractivity contribution in [3.8, 4) is 0 Å². The molecule has 9 nitrogen and oxygen atoms in total. The summed E-state index contributed by atoms with van der Waals surface area (Å²) >= 11 is 0. The van der Waals surface area contributed by atoms with E-state index >= 15 is 0 Å². The van der Waals surface area contributed by atoms with Crippen LogP contribution in [-0.4, -0.2) is 42.9 Å². The van der Waals surface area contributed by atoms with Crippen molar-refractivity contribution in [3.63, 3.8) is 0 Å². The van der Waals surface area contributed by atoms with Crippen molar-refractivity contribution < 1.29 is 22.7 Å². The van der Waals surface area contributed by atoms with Crippen LogP contribution in [0.4, 0.5) is 5.69 Å². The summed E-state index contributed by atoms with van der Waals surface area (Å²) in [7, 11) is -3.35. The lowest BCUT2D eigenvalue weighted by Gasteiger charge is -2.12. The fourth-order valence-electron chi connectivity index (χ4n) is 3.04. The van der Waals surface area contributed by atoms with E-state index in [1.807, 2.05) is 13.8 Å². The van der Waals surface area contributed by atoms with E-state index in [-0.39, 0.29) is 22.1 Å². The average molecular weight is 458 g/mol. The number of hydrogen-bond acceptors (Lipinski definition) is 7. The maximum Gasteiger partial charge on any atom is 0.359 e. The SMILES string of the molecule is CC(C)Cn1nc(C(=O)OCC(=O)Nc2ccc(S(C)(=O)=O)cc2)c2ccccc2c1=O. The molecule has 0 fully saturated rings. The molecule has 0 unspecified atom stereocenters. The van der Waals surface area contributed by atoms with Crippen LogP contribution < -0.4 is 10.9 Å². The summed E-state index contributed by atoms with van der Waals surface area (Å²) in [4.78, 5) is 37.6. The fourth-order valence-corrected chi connectivity index (χ4v) is 3.67. The van der Waals surface area contributed by atoms with Gasteiger partial charge >= 0.3 is 5.97 Å².